The molecule has 0 bridgehead atoms. The molecule has 0 radical (unpaired) electrons. The van der Waals surface area contributed by atoms with Crippen LogP contribution in [0.25, 0.3) is 0 Å². The van der Waals surface area contributed by atoms with E-state index in [9.17, 15) is 19.5 Å². The zero-order valence-electron chi connectivity index (χ0n) is 22.1. The van der Waals surface area contributed by atoms with Crippen molar-refractivity contribution in [2.24, 2.45) is 0 Å². The van der Waals surface area contributed by atoms with Crippen LogP contribution in [0.2, 0.25) is 0 Å². The van der Waals surface area contributed by atoms with Crippen molar-refractivity contribution in [3.8, 4) is 0 Å². The zero-order valence-corrected chi connectivity index (χ0v) is 22.1. The van der Waals surface area contributed by atoms with Crippen LogP contribution in [-0.2, 0) is 20.9 Å². The normalized spacial score (nSPS) is 13.8. The number of aliphatic hydroxyl groups excluding tert-OH is 1. The SMILES string of the molecule is CCC(C)N(C(=O)C(CO)NC(=O)OC(C)(C)C)C(C(=O)NCc1ccccc1)c1ccc(C)cc1. The molecule has 3 atom stereocenters. The van der Waals surface area contributed by atoms with Crippen LogP contribution in [0.3, 0.4) is 0 Å². The fourth-order valence-electron chi connectivity index (χ4n) is 3.68. The van der Waals surface area contributed by atoms with Crippen LogP contribution in [0.1, 0.15) is 63.8 Å². The van der Waals surface area contributed by atoms with E-state index in [4.69, 9.17) is 4.74 Å². The Labute approximate surface area is 214 Å². The summed E-state index contributed by atoms with van der Waals surface area (Å²) >= 11 is 0. The van der Waals surface area contributed by atoms with E-state index in [1.54, 1.807) is 20.8 Å². The number of rotatable bonds is 10. The number of nitrogens with one attached hydrogen (secondary N) is 2. The van der Waals surface area contributed by atoms with Crippen molar-refractivity contribution in [2.45, 2.75) is 78.2 Å². The molecule has 3 unspecified atom stereocenters. The summed E-state index contributed by atoms with van der Waals surface area (Å²) in [6.07, 6.45) is -0.260. The number of aryl methyl sites for hydroxylation is 1. The van der Waals surface area contributed by atoms with Crippen molar-refractivity contribution >= 4 is 17.9 Å². The second-order valence-corrected chi connectivity index (χ2v) is 9.90. The lowest BCUT2D eigenvalue weighted by Crippen LogP contribution is -2.56. The number of amides is 3. The lowest BCUT2D eigenvalue weighted by molar-refractivity contribution is -0.145. The number of carbonyl (C=O) groups excluding carboxylic acids is 3. The molecule has 0 aromatic heterocycles. The Bertz CT molecular complexity index is 1000. The standard InChI is InChI=1S/C28H39N3O5/c1-7-20(3)31(26(34)23(18-32)30-27(35)36-28(4,5)6)24(22-15-13-19(2)14-16-22)25(33)29-17-21-11-9-8-10-12-21/h8-16,20,23-24,32H,7,17-18H2,1-6H3,(H,29,33)(H,30,35). The van der Waals surface area contributed by atoms with Gasteiger partial charge in [0.15, 0.2) is 0 Å². The van der Waals surface area contributed by atoms with Crippen LogP contribution in [0.15, 0.2) is 54.6 Å². The number of hydrogen-bond donors (Lipinski definition) is 3. The van der Waals surface area contributed by atoms with Gasteiger partial charge in [-0.05, 0) is 52.2 Å². The highest BCUT2D eigenvalue weighted by Gasteiger charge is 2.38. The maximum atomic E-state index is 13.8. The summed E-state index contributed by atoms with van der Waals surface area (Å²) in [5, 5.41) is 15.4. The minimum absolute atomic E-state index is 0.296. The van der Waals surface area contributed by atoms with E-state index >= 15 is 0 Å². The second-order valence-electron chi connectivity index (χ2n) is 9.90. The zero-order chi connectivity index (χ0) is 26.9. The second kappa shape index (κ2) is 13.1. The first-order chi connectivity index (χ1) is 17.0. The topological polar surface area (TPSA) is 108 Å². The average Bonchev–Trinajstić information content (AvgIpc) is 2.83. The summed E-state index contributed by atoms with van der Waals surface area (Å²) < 4.78 is 5.27. The van der Waals surface area contributed by atoms with Crippen LogP contribution in [0.4, 0.5) is 4.79 Å². The van der Waals surface area contributed by atoms with E-state index in [-0.39, 0.29) is 11.9 Å². The van der Waals surface area contributed by atoms with Crippen molar-refractivity contribution in [1.29, 1.82) is 0 Å². The molecule has 0 saturated heterocycles. The highest BCUT2D eigenvalue weighted by atomic mass is 16.6. The van der Waals surface area contributed by atoms with Gasteiger partial charge in [0.25, 0.3) is 0 Å². The van der Waals surface area contributed by atoms with Gasteiger partial charge in [0.2, 0.25) is 11.8 Å². The number of alkyl carbamates (subject to hydrolysis) is 1. The van der Waals surface area contributed by atoms with Gasteiger partial charge < -0.3 is 25.4 Å². The Hall–Kier alpha value is -3.39. The summed E-state index contributed by atoms with van der Waals surface area (Å²) in [6, 6.07) is 14.3. The van der Waals surface area contributed by atoms with E-state index in [0.717, 1.165) is 11.1 Å². The summed E-state index contributed by atoms with van der Waals surface area (Å²) in [4.78, 5) is 41.2. The van der Waals surface area contributed by atoms with Gasteiger partial charge in [-0.2, -0.15) is 0 Å². The largest absolute Gasteiger partial charge is 0.444 e. The fourth-order valence-corrected chi connectivity index (χ4v) is 3.68. The van der Waals surface area contributed by atoms with Crippen molar-refractivity contribution in [3.05, 3.63) is 71.3 Å². The Morgan fingerprint density at radius 3 is 2.17 bits per heavy atom. The summed E-state index contributed by atoms with van der Waals surface area (Å²) in [5.74, 6) is -0.927. The van der Waals surface area contributed by atoms with Gasteiger partial charge in [-0.3, -0.25) is 9.59 Å². The molecule has 8 heteroatoms. The van der Waals surface area contributed by atoms with Gasteiger partial charge in [-0.25, -0.2) is 4.79 Å². The number of aliphatic hydroxyl groups is 1. The molecule has 0 fully saturated rings. The molecule has 3 N–H and O–H groups in total. The van der Waals surface area contributed by atoms with Gasteiger partial charge >= 0.3 is 6.09 Å². The predicted molar refractivity (Wildman–Crippen MR) is 139 cm³/mol. The number of benzene rings is 2. The lowest BCUT2D eigenvalue weighted by Gasteiger charge is -2.38. The van der Waals surface area contributed by atoms with Crippen LogP contribution >= 0.6 is 0 Å². The van der Waals surface area contributed by atoms with Crippen LogP contribution in [0.5, 0.6) is 0 Å². The molecule has 0 aliphatic heterocycles. The third-order valence-corrected chi connectivity index (χ3v) is 5.72. The Morgan fingerprint density at radius 2 is 1.64 bits per heavy atom. The fraction of sp³-hybridized carbons (Fsp3) is 0.464. The van der Waals surface area contributed by atoms with E-state index in [1.165, 1.54) is 4.90 Å². The molecule has 0 spiro atoms. The van der Waals surface area contributed by atoms with Crippen LogP contribution in [-0.4, -0.2) is 52.2 Å². The molecule has 0 heterocycles. The summed E-state index contributed by atoms with van der Waals surface area (Å²) in [7, 11) is 0. The molecule has 2 aromatic carbocycles. The molecule has 196 valence electrons. The maximum Gasteiger partial charge on any atom is 0.408 e. The first kappa shape index (κ1) is 28.8. The van der Waals surface area contributed by atoms with E-state index < -0.39 is 36.3 Å². The van der Waals surface area contributed by atoms with Crippen LogP contribution < -0.4 is 10.6 Å². The van der Waals surface area contributed by atoms with Gasteiger partial charge in [0.05, 0.1) is 6.61 Å². The molecule has 0 aliphatic rings. The molecule has 2 aromatic rings. The molecule has 3 amide bonds. The number of ether oxygens (including phenoxy) is 1. The minimum Gasteiger partial charge on any atom is -0.444 e. The monoisotopic (exact) mass is 497 g/mol. The number of hydrogen-bond acceptors (Lipinski definition) is 5. The number of carbonyl (C=O) groups is 3. The lowest BCUT2D eigenvalue weighted by atomic mass is 9.99. The van der Waals surface area contributed by atoms with Crippen molar-refractivity contribution in [3.63, 3.8) is 0 Å². The third kappa shape index (κ3) is 8.37. The van der Waals surface area contributed by atoms with Gasteiger partial charge in [0, 0.05) is 12.6 Å². The van der Waals surface area contributed by atoms with Crippen molar-refractivity contribution in [1.82, 2.24) is 15.5 Å². The predicted octanol–water partition coefficient (Wildman–Crippen LogP) is 3.87. The Morgan fingerprint density at radius 1 is 1.03 bits per heavy atom. The van der Waals surface area contributed by atoms with E-state index in [2.05, 4.69) is 10.6 Å². The molecule has 0 aliphatic carbocycles. The Kier molecular flexibility index (Phi) is 10.5. The molecular formula is C28H39N3O5. The van der Waals surface area contributed by atoms with Crippen molar-refractivity contribution in [2.75, 3.05) is 6.61 Å². The summed E-state index contributed by atoms with van der Waals surface area (Å²) in [5.41, 5.74) is 1.80. The highest BCUT2D eigenvalue weighted by Crippen LogP contribution is 2.26. The molecule has 2 rings (SSSR count). The third-order valence-electron chi connectivity index (χ3n) is 5.72. The highest BCUT2D eigenvalue weighted by molar-refractivity contribution is 5.92. The van der Waals surface area contributed by atoms with E-state index in [0.29, 0.717) is 18.5 Å². The molecule has 36 heavy (non-hydrogen) atoms. The Balaban J connectivity index is 2.41. The first-order valence-electron chi connectivity index (χ1n) is 12.3. The van der Waals surface area contributed by atoms with Crippen molar-refractivity contribution < 1.29 is 24.2 Å². The van der Waals surface area contributed by atoms with E-state index in [1.807, 2.05) is 75.4 Å². The molecule has 8 nitrogen and oxygen atoms in total. The van der Waals surface area contributed by atoms with Gasteiger partial charge in [-0.1, -0.05) is 67.1 Å². The van der Waals surface area contributed by atoms with Crippen LogP contribution in [0, 0.1) is 6.92 Å². The first-order valence-corrected chi connectivity index (χ1v) is 12.3. The quantitative estimate of drug-likeness (QED) is 0.462. The van der Waals surface area contributed by atoms with Gasteiger partial charge in [-0.15, -0.1) is 0 Å². The smallest absolute Gasteiger partial charge is 0.408 e. The minimum atomic E-state index is -1.27. The molecular weight excluding hydrogens is 458 g/mol. The average molecular weight is 498 g/mol. The summed E-state index contributed by atoms with van der Waals surface area (Å²) in [6.45, 7) is 10.5. The molecule has 0 saturated carbocycles. The van der Waals surface area contributed by atoms with Gasteiger partial charge in [0.1, 0.15) is 17.7 Å². The maximum absolute atomic E-state index is 13.8. The number of nitrogens with zero attached hydrogens (tertiary/aromatic N) is 1.